The monoisotopic (exact) mass is 515 g/mol. The first kappa shape index (κ1) is 22.7. The third-order valence-electron chi connectivity index (χ3n) is 4.44. The Morgan fingerprint density at radius 2 is 2.00 bits per heavy atom. The number of aromatic nitrogens is 1. The van der Waals surface area contributed by atoms with E-state index in [-0.39, 0.29) is 30.1 Å². The standard InChI is InChI=1S/C20H29N5OS.HI/c1-4-21-19(22-14-16-15-27-20(23-16)24(2)3)25-12-10-18(11-13-25)26-17-8-6-5-7-9-17;/h5-9,15,18H,4,10-14H2,1-3H3,(H,21,22);1H. The number of thiazole rings is 1. The topological polar surface area (TPSA) is 53.0 Å². The summed E-state index contributed by atoms with van der Waals surface area (Å²) in [5, 5.41) is 6.52. The number of ether oxygens (including phenoxy) is 1. The van der Waals surface area contributed by atoms with E-state index in [0.717, 1.165) is 55.0 Å². The highest BCUT2D eigenvalue weighted by Crippen LogP contribution is 2.20. The Morgan fingerprint density at radius 1 is 1.29 bits per heavy atom. The van der Waals surface area contributed by atoms with Crippen LogP contribution in [0.3, 0.4) is 0 Å². The van der Waals surface area contributed by atoms with Gasteiger partial charge < -0.3 is 19.9 Å². The lowest BCUT2D eigenvalue weighted by Crippen LogP contribution is -2.47. The van der Waals surface area contributed by atoms with Crippen molar-refractivity contribution in [2.45, 2.75) is 32.4 Å². The summed E-state index contributed by atoms with van der Waals surface area (Å²) >= 11 is 1.65. The van der Waals surface area contributed by atoms with Crippen LogP contribution in [0, 0.1) is 0 Å². The normalized spacial score (nSPS) is 15.1. The number of hydrogen-bond donors (Lipinski definition) is 1. The predicted molar refractivity (Wildman–Crippen MR) is 128 cm³/mol. The number of nitrogens with one attached hydrogen (secondary N) is 1. The molecule has 154 valence electrons. The molecule has 0 unspecified atom stereocenters. The van der Waals surface area contributed by atoms with Crippen molar-refractivity contribution in [2.24, 2.45) is 4.99 Å². The van der Waals surface area contributed by atoms with E-state index in [1.165, 1.54) is 0 Å². The molecule has 2 aromatic rings. The van der Waals surface area contributed by atoms with Gasteiger partial charge in [0.15, 0.2) is 11.1 Å². The fraction of sp³-hybridized carbons (Fsp3) is 0.500. The lowest BCUT2D eigenvalue weighted by molar-refractivity contribution is 0.129. The Kier molecular flexibility index (Phi) is 9.30. The third kappa shape index (κ3) is 6.51. The van der Waals surface area contributed by atoms with Gasteiger partial charge in [-0.05, 0) is 19.1 Å². The van der Waals surface area contributed by atoms with Gasteiger partial charge in [0.25, 0.3) is 0 Å². The maximum Gasteiger partial charge on any atom is 0.194 e. The first-order valence-corrected chi connectivity index (χ1v) is 10.4. The fourth-order valence-corrected chi connectivity index (χ4v) is 3.78. The van der Waals surface area contributed by atoms with Gasteiger partial charge in [-0.25, -0.2) is 9.98 Å². The van der Waals surface area contributed by atoms with Crippen molar-refractivity contribution in [3.63, 3.8) is 0 Å². The maximum absolute atomic E-state index is 6.10. The van der Waals surface area contributed by atoms with E-state index in [1.54, 1.807) is 11.3 Å². The van der Waals surface area contributed by atoms with Crippen LogP contribution in [0.15, 0.2) is 40.7 Å². The fourth-order valence-electron chi connectivity index (χ4n) is 3.03. The van der Waals surface area contributed by atoms with Crippen LogP contribution in [-0.4, -0.2) is 55.7 Å². The smallest absolute Gasteiger partial charge is 0.194 e. The highest BCUT2D eigenvalue weighted by molar-refractivity contribution is 14.0. The van der Waals surface area contributed by atoms with Crippen LogP contribution in [0.2, 0.25) is 0 Å². The summed E-state index contributed by atoms with van der Waals surface area (Å²) in [7, 11) is 4.02. The second-order valence-electron chi connectivity index (χ2n) is 6.80. The number of benzene rings is 1. The van der Waals surface area contributed by atoms with Crippen molar-refractivity contribution in [3.05, 3.63) is 41.4 Å². The first-order chi connectivity index (χ1) is 13.2. The van der Waals surface area contributed by atoms with Gasteiger partial charge in [-0.15, -0.1) is 35.3 Å². The molecule has 1 aromatic heterocycles. The summed E-state index contributed by atoms with van der Waals surface area (Å²) in [5.74, 6) is 1.92. The molecule has 1 saturated heterocycles. The van der Waals surface area contributed by atoms with E-state index in [0.29, 0.717) is 6.54 Å². The van der Waals surface area contributed by atoms with E-state index in [9.17, 15) is 0 Å². The summed E-state index contributed by atoms with van der Waals surface area (Å²) < 4.78 is 6.10. The zero-order chi connectivity index (χ0) is 19.1. The zero-order valence-corrected chi connectivity index (χ0v) is 19.9. The number of rotatable bonds is 6. The molecule has 0 radical (unpaired) electrons. The minimum atomic E-state index is 0. The number of halogens is 1. The molecule has 0 amide bonds. The lowest BCUT2D eigenvalue weighted by Gasteiger charge is -2.34. The summed E-state index contributed by atoms with van der Waals surface area (Å²) in [6.45, 7) is 5.47. The van der Waals surface area contributed by atoms with Crippen molar-refractivity contribution < 1.29 is 4.74 Å². The molecule has 1 aliphatic heterocycles. The largest absolute Gasteiger partial charge is 0.490 e. The number of guanidine groups is 1. The Balaban J connectivity index is 0.00000280. The van der Waals surface area contributed by atoms with Gasteiger partial charge in [-0.3, -0.25) is 0 Å². The van der Waals surface area contributed by atoms with Crippen LogP contribution < -0.4 is 15.0 Å². The van der Waals surface area contributed by atoms with Crippen molar-refractivity contribution in [1.29, 1.82) is 0 Å². The molecule has 1 fully saturated rings. The van der Waals surface area contributed by atoms with Crippen molar-refractivity contribution in [2.75, 3.05) is 38.6 Å². The van der Waals surface area contributed by atoms with Gasteiger partial charge >= 0.3 is 0 Å². The highest BCUT2D eigenvalue weighted by atomic mass is 127. The Labute approximate surface area is 189 Å². The minimum absolute atomic E-state index is 0. The maximum atomic E-state index is 6.10. The average molecular weight is 515 g/mol. The summed E-state index contributed by atoms with van der Waals surface area (Å²) in [6.07, 6.45) is 2.27. The van der Waals surface area contributed by atoms with E-state index >= 15 is 0 Å². The molecular formula is C20H30IN5OS. The molecule has 28 heavy (non-hydrogen) atoms. The molecule has 1 aromatic carbocycles. The summed E-state index contributed by atoms with van der Waals surface area (Å²) in [6, 6.07) is 10.1. The second kappa shape index (κ2) is 11.5. The first-order valence-electron chi connectivity index (χ1n) is 9.52. The molecule has 2 heterocycles. The number of likely N-dealkylation sites (tertiary alicyclic amines) is 1. The number of hydrogen-bond acceptors (Lipinski definition) is 5. The second-order valence-corrected chi connectivity index (χ2v) is 7.64. The van der Waals surface area contributed by atoms with Crippen LogP contribution in [-0.2, 0) is 6.54 Å². The number of anilines is 1. The van der Waals surface area contributed by atoms with Crippen LogP contribution in [0.4, 0.5) is 5.13 Å². The number of piperidine rings is 1. The number of nitrogens with zero attached hydrogens (tertiary/aromatic N) is 4. The van der Waals surface area contributed by atoms with Gasteiger partial charge in [0.1, 0.15) is 11.9 Å². The number of para-hydroxylation sites is 1. The van der Waals surface area contributed by atoms with E-state index in [2.05, 4.69) is 27.5 Å². The molecule has 0 spiro atoms. The molecule has 3 rings (SSSR count). The van der Waals surface area contributed by atoms with Crippen LogP contribution in [0.1, 0.15) is 25.5 Å². The van der Waals surface area contributed by atoms with Crippen LogP contribution in [0.5, 0.6) is 5.75 Å². The zero-order valence-electron chi connectivity index (χ0n) is 16.8. The molecule has 0 atom stereocenters. The average Bonchev–Trinajstić information content (AvgIpc) is 3.16. The van der Waals surface area contributed by atoms with Crippen molar-refractivity contribution in [1.82, 2.24) is 15.2 Å². The van der Waals surface area contributed by atoms with E-state index in [4.69, 9.17) is 9.73 Å². The van der Waals surface area contributed by atoms with Gasteiger partial charge in [-0.2, -0.15) is 0 Å². The molecule has 1 aliphatic rings. The minimum Gasteiger partial charge on any atom is -0.490 e. The summed E-state index contributed by atoms with van der Waals surface area (Å²) in [4.78, 5) is 13.8. The molecule has 0 saturated carbocycles. The van der Waals surface area contributed by atoms with Gasteiger partial charge in [0.05, 0.1) is 12.2 Å². The lowest BCUT2D eigenvalue weighted by atomic mass is 10.1. The Morgan fingerprint density at radius 3 is 2.61 bits per heavy atom. The molecule has 8 heteroatoms. The molecule has 0 bridgehead atoms. The third-order valence-corrected chi connectivity index (χ3v) is 5.49. The van der Waals surface area contributed by atoms with Crippen molar-refractivity contribution in [3.8, 4) is 5.75 Å². The Hall–Kier alpha value is -1.55. The van der Waals surface area contributed by atoms with Gasteiger partial charge in [0.2, 0.25) is 0 Å². The highest BCUT2D eigenvalue weighted by Gasteiger charge is 2.22. The van der Waals surface area contributed by atoms with E-state index in [1.807, 2.05) is 49.3 Å². The van der Waals surface area contributed by atoms with Gasteiger partial charge in [-0.1, -0.05) is 18.2 Å². The molecule has 0 aliphatic carbocycles. The van der Waals surface area contributed by atoms with Crippen molar-refractivity contribution >= 4 is 46.4 Å². The van der Waals surface area contributed by atoms with Crippen LogP contribution >= 0.6 is 35.3 Å². The molecule has 6 nitrogen and oxygen atoms in total. The van der Waals surface area contributed by atoms with E-state index < -0.39 is 0 Å². The molecule has 1 N–H and O–H groups in total. The molecular weight excluding hydrogens is 485 g/mol. The predicted octanol–water partition coefficient (Wildman–Crippen LogP) is 3.84. The summed E-state index contributed by atoms with van der Waals surface area (Å²) in [5.41, 5.74) is 1.02. The Bertz CT molecular complexity index is 729. The number of aliphatic imine (C=N–C) groups is 1. The van der Waals surface area contributed by atoms with Crippen LogP contribution in [0.25, 0.3) is 0 Å². The quantitative estimate of drug-likeness (QED) is 0.360. The van der Waals surface area contributed by atoms with Gasteiger partial charge in [0, 0.05) is 52.0 Å². The SMILES string of the molecule is CCNC(=NCc1csc(N(C)C)n1)N1CCC(Oc2ccccc2)CC1.I.